The van der Waals surface area contributed by atoms with Gasteiger partial charge in [-0.15, -0.1) is 5.10 Å². The van der Waals surface area contributed by atoms with Crippen LogP contribution in [0.1, 0.15) is 27.5 Å². The number of hydrogen-bond donors (Lipinski definition) is 0. The fourth-order valence-corrected chi connectivity index (χ4v) is 1.51. The van der Waals surface area contributed by atoms with E-state index in [1.54, 1.807) is 13.8 Å². The molecule has 6 nitrogen and oxygen atoms in total. The van der Waals surface area contributed by atoms with Crippen molar-refractivity contribution < 1.29 is 22.5 Å². The third-order valence-electron chi connectivity index (χ3n) is 2.53. The molecule has 102 valence electrons. The van der Waals surface area contributed by atoms with Gasteiger partial charge >= 0.3 is 6.18 Å². The summed E-state index contributed by atoms with van der Waals surface area (Å²) in [6.07, 6.45) is -4.01. The average Bonchev–Trinajstić information content (AvgIpc) is 2.89. The fraction of sp³-hybridized carbons (Fsp3) is 0.400. The molecule has 0 saturated carbocycles. The molecule has 0 N–H and O–H groups in total. The normalized spacial score (nSPS) is 11.8. The predicted octanol–water partition coefficient (Wildman–Crippen LogP) is 1.68. The molecule has 2 aromatic rings. The van der Waals surface area contributed by atoms with Gasteiger partial charge in [0.25, 0.3) is 5.78 Å². The van der Waals surface area contributed by atoms with E-state index in [2.05, 4.69) is 15.5 Å². The van der Waals surface area contributed by atoms with Crippen LogP contribution in [0.4, 0.5) is 13.2 Å². The van der Waals surface area contributed by atoms with Crippen LogP contribution in [-0.2, 0) is 6.54 Å². The maximum Gasteiger partial charge on any atom is 0.456 e. The molecule has 0 aromatic carbocycles. The van der Waals surface area contributed by atoms with Crippen LogP contribution >= 0.6 is 0 Å². The Hall–Kier alpha value is -2.19. The number of carbonyl (C=O) groups is 1. The molecule has 2 rings (SSSR count). The zero-order valence-electron chi connectivity index (χ0n) is 10.0. The molecule has 0 atom stereocenters. The van der Waals surface area contributed by atoms with Crippen molar-refractivity contribution in [3.05, 3.63) is 28.9 Å². The Bertz CT molecular complexity index is 595. The van der Waals surface area contributed by atoms with Gasteiger partial charge in [-0.25, -0.2) is 4.68 Å². The van der Waals surface area contributed by atoms with Crippen LogP contribution in [-0.4, -0.2) is 32.1 Å². The first kappa shape index (κ1) is 13.2. The zero-order chi connectivity index (χ0) is 14.2. The lowest BCUT2D eigenvalue weighted by molar-refractivity contribution is -0.0888. The molecule has 0 aliphatic carbocycles. The number of carbonyl (C=O) groups excluding carboxylic acids is 1. The Kier molecular flexibility index (Phi) is 3.13. The van der Waals surface area contributed by atoms with Crippen LogP contribution in [0.2, 0.25) is 0 Å². The van der Waals surface area contributed by atoms with Crippen molar-refractivity contribution >= 4 is 5.78 Å². The van der Waals surface area contributed by atoms with E-state index < -0.39 is 17.7 Å². The molecule has 0 amide bonds. The summed E-state index contributed by atoms with van der Waals surface area (Å²) in [6.45, 7) is 3.51. The summed E-state index contributed by atoms with van der Waals surface area (Å²) in [6, 6.07) is 0. The molecular weight excluding hydrogens is 265 g/mol. The highest BCUT2D eigenvalue weighted by Gasteiger charge is 2.41. The van der Waals surface area contributed by atoms with Crippen molar-refractivity contribution in [3.63, 3.8) is 0 Å². The van der Waals surface area contributed by atoms with Gasteiger partial charge in [-0.1, -0.05) is 10.4 Å². The SMILES string of the molecule is Cc1noc(C)c1Cn1cc(C(=O)C(F)(F)F)nn1. The van der Waals surface area contributed by atoms with Crippen LogP contribution in [0.3, 0.4) is 0 Å². The number of Topliss-reactive ketones (excluding diaryl/α,β-unsaturated/α-hetero) is 1. The van der Waals surface area contributed by atoms with Crippen LogP contribution < -0.4 is 0 Å². The van der Waals surface area contributed by atoms with E-state index in [-0.39, 0.29) is 6.54 Å². The zero-order valence-corrected chi connectivity index (χ0v) is 10.0. The van der Waals surface area contributed by atoms with Crippen LogP contribution in [0, 0.1) is 13.8 Å². The number of alkyl halides is 3. The van der Waals surface area contributed by atoms with E-state index in [1.165, 1.54) is 0 Å². The molecule has 0 radical (unpaired) electrons. The van der Waals surface area contributed by atoms with Crippen molar-refractivity contribution in [1.29, 1.82) is 0 Å². The molecule has 9 heteroatoms. The summed E-state index contributed by atoms with van der Waals surface area (Å²) < 4.78 is 42.6. The van der Waals surface area contributed by atoms with E-state index >= 15 is 0 Å². The monoisotopic (exact) mass is 274 g/mol. The smallest absolute Gasteiger partial charge is 0.361 e. The third-order valence-corrected chi connectivity index (χ3v) is 2.53. The van der Waals surface area contributed by atoms with Gasteiger partial charge in [-0.05, 0) is 13.8 Å². The van der Waals surface area contributed by atoms with Gasteiger partial charge in [-0.2, -0.15) is 13.2 Å². The van der Waals surface area contributed by atoms with E-state index in [1.807, 2.05) is 0 Å². The average molecular weight is 274 g/mol. The minimum absolute atomic E-state index is 0.138. The highest BCUT2D eigenvalue weighted by Crippen LogP contribution is 2.20. The number of nitrogens with zero attached hydrogens (tertiary/aromatic N) is 4. The number of hydrogen-bond acceptors (Lipinski definition) is 5. The predicted molar refractivity (Wildman–Crippen MR) is 55.5 cm³/mol. The number of aryl methyl sites for hydroxylation is 2. The lowest BCUT2D eigenvalue weighted by Gasteiger charge is -2.00. The largest absolute Gasteiger partial charge is 0.456 e. The highest BCUT2D eigenvalue weighted by atomic mass is 19.4. The third kappa shape index (κ3) is 2.64. The molecular formula is C10H9F3N4O2. The summed E-state index contributed by atoms with van der Waals surface area (Å²) in [5.41, 5.74) is 0.562. The van der Waals surface area contributed by atoms with Crippen molar-refractivity contribution in [1.82, 2.24) is 20.2 Å². The lowest BCUT2D eigenvalue weighted by Crippen LogP contribution is -2.23. The first-order valence-corrected chi connectivity index (χ1v) is 5.22. The quantitative estimate of drug-likeness (QED) is 0.796. The first-order chi connectivity index (χ1) is 8.79. The van der Waals surface area contributed by atoms with Crippen molar-refractivity contribution in [3.8, 4) is 0 Å². The van der Waals surface area contributed by atoms with Gasteiger partial charge in [0.1, 0.15) is 5.76 Å². The van der Waals surface area contributed by atoms with Gasteiger partial charge in [0.05, 0.1) is 18.4 Å². The Morgan fingerprint density at radius 1 is 1.42 bits per heavy atom. The molecule has 2 heterocycles. The summed E-state index contributed by atoms with van der Waals surface area (Å²) in [5, 5.41) is 10.4. The second-order valence-corrected chi connectivity index (χ2v) is 3.93. The summed E-state index contributed by atoms with van der Waals surface area (Å²) in [7, 11) is 0. The number of aromatic nitrogens is 4. The van der Waals surface area contributed by atoms with Crippen LogP contribution in [0.5, 0.6) is 0 Å². The maximum absolute atomic E-state index is 12.2. The minimum Gasteiger partial charge on any atom is -0.361 e. The Balaban J connectivity index is 2.21. The Morgan fingerprint density at radius 3 is 2.63 bits per heavy atom. The van der Waals surface area contributed by atoms with Crippen LogP contribution in [0.15, 0.2) is 10.7 Å². The maximum atomic E-state index is 12.2. The molecule has 0 bridgehead atoms. The highest BCUT2D eigenvalue weighted by molar-refractivity contribution is 5.98. The van der Waals surface area contributed by atoms with E-state index in [9.17, 15) is 18.0 Å². The number of ketones is 1. The molecule has 0 spiro atoms. The molecule has 0 saturated heterocycles. The van der Waals surface area contributed by atoms with Crippen LogP contribution in [0.25, 0.3) is 0 Å². The Labute approximate surface area is 105 Å². The summed E-state index contributed by atoms with van der Waals surface area (Å²) >= 11 is 0. The number of rotatable bonds is 3. The number of halogens is 3. The second-order valence-electron chi connectivity index (χ2n) is 3.93. The molecule has 19 heavy (non-hydrogen) atoms. The van der Waals surface area contributed by atoms with Gasteiger partial charge in [0.15, 0.2) is 5.69 Å². The van der Waals surface area contributed by atoms with Gasteiger partial charge in [0.2, 0.25) is 0 Å². The topological polar surface area (TPSA) is 73.8 Å². The molecule has 0 aliphatic rings. The van der Waals surface area contributed by atoms with E-state index in [0.29, 0.717) is 17.0 Å². The van der Waals surface area contributed by atoms with Gasteiger partial charge < -0.3 is 4.52 Å². The minimum atomic E-state index is -4.95. The fourth-order valence-electron chi connectivity index (χ4n) is 1.51. The lowest BCUT2D eigenvalue weighted by atomic mass is 10.2. The van der Waals surface area contributed by atoms with Gasteiger partial charge in [0, 0.05) is 5.56 Å². The van der Waals surface area contributed by atoms with Crippen molar-refractivity contribution in [2.45, 2.75) is 26.6 Å². The summed E-state index contributed by atoms with van der Waals surface area (Å²) in [4.78, 5) is 10.9. The van der Waals surface area contributed by atoms with Crippen molar-refractivity contribution in [2.24, 2.45) is 0 Å². The standard InChI is InChI=1S/C10H9F3N4O2/c1-5-7(6(2)19-15-5)3-17-4-8(14-16-17)9(18)10(11,12)13/h4H,3H2,1-2H3. The molecule has 0 unspecified atom stereocenters. The second kappa shape index (κ2) is 4.48. The molecule has 0 aliphatic heterocycles. The van der Waals surface area contributed by atoms with Gasteiger partial charge in [-0.3, -0.25) is 4.79 Å². The first-order valence-electron chi connectivity index (χ1n) is 5.22. The Morgan fingerprint density at radius 2 is 2.11 bits per heavy atom. The van der Waals surface area contributed by atoms with E-state index in [0.717, 1.165) is 10.9 Å². The summed E-state index contributed by atoms with van der Waals surface area (Å²) in [5.74, 6) is -1.48. The van der Waals surface area contributed by atoms with E-state index in [4.69, 9.17) is 4.52 Å². The molecule has 2 aromatic heterocycles. The van der Waals surface area contributed by atoms with Crippen molar-refractivity contribution in [2.75, 3.05) is 0 Å². The molecule has 0 fully saturated rings.